The van der Waals surface area contributed by atoms with Crippen LogP contribution in [0.25, 0.3) is 0 Å². The number of rotatable bonds is 5. The van der Waals surface area contributed by atoms with Gasteiger partial charge in [0.25, 0.3) is 0 Å². The van der Waals surface area contributed by atoms with E-state index in [9.17, 15) is 0 Å². The number of hydrogen-bond acceptors (Lipinski definition) is 2. The highest BCUT2D eigenvalue weighted by Crippen LogP contribution is 2.32. The first-order valence-electron chi connectivity index (χ1n) is 7.48. The minimum Gasteiger partial charge on any atom is -0.383 e. The molecule has 1 aliphatic rings. The lowest BCUT2D eigenvalue weighted by Gasteiger charge is -2.21. The lowest BCUT2D eigenvalue weighted by atomic mass is 9.84. The van der Waals surface area contributed by atoms with Gasteiger partial charge in [-0.2, -0.15) is 0 Å². The summed E-state index contributed by atoms with van der Waals surface area (Å²) in [6, 6.07) is 0. The van der Waals surface area contributed by atoms with Gasteiger partial charge in [0.05, 0.1) is 0 Å². The van der Waals surface area contributed by atoms with Gasteiger partial charge in [0.2, 0.25) is 0 Å². The average molecular weight is 260 g/mol. The van der Waals surface area contributed by atoms with E-state index in [-0.39, 0.29) is 0 Å². The topological polar surface area (TPSA) is 38.4 Å². The predicted octanol–water partition coefficient (Wildman–Crippen LogP) is 4.74. The number of nitrogens with two attached hydrogens (primary N) is 1. The zero-order valence-electron chi connectivity index (χ0n) is 13.1. The van der Waals surface area contributed by atoms with E-state index in [1.165, 1.54) is 22.3 Å². The van der Waals surface area contributed by atoms with Crippen molar-refractivity contribution in [2.24, 2.45) is 16.6 Å². The van der Waals surface area contributed by atoms with E-state index in [1.54, 1.807) is 0 Å². The molecule has 1 atom stereocenters. The maximum atomic E-state index is 6.24. The van der Waals surface area contributed by atoms with Crippen molar-refractivity contribution in [2.75, 3.05) is 0 Å². The van der Waals surface area contributed by atoms with Gasteiger partial charge in [-0.1, -0.05) is 39.3 Å². The van der Waals surface area contributed by atoms with Crippen LogP contribution in [-0.4, -0.2) is 5.84 Å². The lowest BCUT2D eigenvalue weighted by molar-refractivity contribution is 0.631. The Labute approximate surface area is 118 Å². The lowest BCUT2D eigenvalue weighted by Crippen LogP contribution is -2.19. The van der Waals surface area contributed by atoms with Gasteiger partial charge >= 0.3 is 0 Å². The van der Waals surface area contributed by atoms with Crippen molar-refractivity contribution in [1.29, 1.82) is 0 Å². The van der Waals surface area contributed by atoms with Crippen LogP contribution in [0.5, 0.6) is 0 Å². The van der Waals surface area contributed by atoms with Gasteiger partial charge < -0.3 is 5.73 Å². The van der Waals surface area contributed by atoms with E-state index in [0.29, 0.717) is 11.8 Å². The van der Waals surface area contributed by atoms with Crippen molar-refractivity contribution in [3.63, 3.8) is 0 Å². The molecule has 0 aromatic rings. The molecular weight excluding hydrogens is 232 g/mol. The van der Waals surface area contributed by atoms with Crippen LogP contribution in [0.3, 0.4) is 0 Å². The Morgan fingerprint density at radius 3 is 2.58 bits per heavy atom. The third-order valence-corrected chi connectivity index (χ3v) is 4.09. The first-order valence-corrected chi connectivity index (χ1v) is 7.48. The highest BCUT2D eigenvalue weighted by atomic mass is 14.8. The van der Waals surface area contributed by atoms with Crippen molar-refractivity contribution in [3.05, 3.63) is 34.6 Å². The van der Waals surface area contributed by atoms with Crippen LogP contribution in [-0.2, 0) is 0 Å². The second-order valence-electron chi connectivity index (χ2n) is 5.21. The van der Waals surface area contributed by atoms with Gasteiger partial charge in [-0.05, 0) is 49.7 Å². The van der Waals surface area contributed by atoms with Crippen LogP contribution in [0.2, 0.25) is 0 Å². The van der Waals surface area contributed by atoms with Gasteiger partial charge in [-0.15, -0.1) is 0 Å². The maximum absolute atomic E-state index is 6.24. The van der Waals surface area contributed by atoms with Crippen molar-refractivity contribution in [1.82, 2.24) is 0 Å². The summed E-state index contributed by atoms with van der Waals surface area (Å²) in [5.74, 6) is 1.24. The smallest absolute Gasteiger partial charge is 0.130 e. The molecule has 1 unspecified atom stereocenters. The van der Waals surface area contributed by atoms with Gasteiger partial charge in [-0.25, -0.2) is 4.99 Å². The highest BCUT2D eigenvalue weighted by molar-refractivity contribution is 6.02. The van der Waals surface area contributed by atoms with Gasteiger partial charge in [0.1, 0.15) is 5.84 Å². The Bertz CT molecular complexity index is 436. The maximum Gasteiger partial charge on any atom is 0.130 e. The standard InChI is InChI=1S/C17H28N2/c1-6-12(5)15-10-13(7-2)11-19-17(18)16(15)14(8-3)9-4/h8,11-12H,6-7,9-10H2,1-5H3,(H2,18,19)/b14-8-. The van der Waals surface area contributed by atoms with E-state index in [0.717, 1.165) is 25.7 Å². The van der Waals surface area contributed by atoms with Gasteiger partial charge in [0.15, 0.2) is 0 Å². The number of aliphatic imine (C=N–C) groups is 1. The molecule has 1 rings (SSSR count). The molecule has 0 fully saturated rings. The molecule has 0 saturated carbocycles. The van der Waals surface area contributed by atoms with Crippen LogP contribution < -0.4 is 5.73 Å². The molecular formula is C17H28N2. The normalized spacial score (nSPS) is 18.9. The van der Waals surface area contributed by atoms with Crippen LogP contribution in [0.15, 0.2) is 39.6 Å². The molecule has 1 heterocycles. The summed E-state index contributed by atoms with van der Waals surface area (Å²) in [6.45, 7) is 11.0. The fourth-order valence-electron chi connectivity index (χ4n) is 2.55. The van der Waals surface area contributed by atoms with Crippen LogP contribution in [0.1, 0.15) is 60.3 Å². The van der Waals surface area contributed by atoms with E-state index < -0.39 is 0 Å². The molecule has 0 aromatic heterocycles. The Balaban J connectivity index is 3.39. The summed E-state index contributed by atoms with van der Waals surface area (Å²) >= 11 is 0. The van der Waals surface area contributed by atoms with E-state index in [2.05, 4.69) is 45.7 Å². The number of hydrogen-bond donors (Lipinski definition) is 1. The quantitative estimate of drug-likeness (QED) is 0.761. The van der Waals surface area contributed by atoms with E-state index in [4.69, 9.17) is 5.73 Å². The minimum atomic E-state index is 0.554. The third-order valence-electron chi connectivity index (χ3n) is 4.09. The van der Waals surface area contributed by atoms with Crippen LogP contribution in [0, 0.1) is 5.92 Å². The van der Waals surface area contributed by atoms with Gasteiger partial charge in [-0.3, -0.25) is 0 Å². The Hall–Kier alpha value is -1.31. The van der Waals surface area contributed by atoms with Gasteiger partial charge in [0, 0.05) is 11.8 Å². The summed E-state index contributed by atoms with van der Waals surface area (Å²) in [5, 5.41) is 0. The molecule has 2 N–H and O–H groups in total. The zero-order valence-corrected chi connectivity index (χ0v) is 13.1. The highest BCUT2D eigenvalue weighted by Gasteiger charge is 2.20. The van der Waals surface area contributed by atoms with Crippen LogP contribution >= 0.6 is 0 Å². The number of amidine groups is 1. The van der Waals surface area contributed by atoms with Crippen molar-refractivity contribution < 1.29 is 0 Å². The monoisotopic (exact) mass is 260 g/mol. The summed E-state index contributed by atoms with van der Waals surface area (Å²) < 4.78 is 0. The SMILES string of the molecule is C/C=C(/CC)C1=C(C(C)CC)CC(CC)=CN=C1N. The summed E-state index contributed by atoms with van der Waals surface area (Å²) in [6.07, 6.45) is 8.35. The fraction of sp³-hybridized carbons (Fsp3) is 0.588. The Morgan fingerprint density at radius 2 is 2.11 bits per heavy atom. The third kappa shape index (κ3) is 3.59. The van der Waals surface area contributed by atoms with Crippen LogP contribution in [0.4, 0.5) is 0 Å². The predicted molar refractivity (Wildman–Crippen MR) is 85.1 cm³/mol. The first-order chi connectivity index (χ1) is 9.08. The zero-order chi connectivity index (χ0) is 14.4. The fourth-order valence-corrected chi connectivity index (χ4v) is 2.55. The van der Waals surface area contributed by atoms with E-state index in [1.807, 2.05) is 6.20 Å². The number of nitrogens with zero attached hydrogens (tertiary/aromatic N) is 1. The average Bonchev–Trinajstić information content (AvgIpc) is 2.60. The molecule has 0 saturated heterocycles. The molecule has 0 spiro atoms. The molecule has 106 valence electrons. The molecule has 0 aliphatic carbocycles. The molecule has 0 amide bonds. The molecule has 1 aliphatic heterocycles. The largest absolute Gasteiger partial charge is 0.383 e. The Kier molecular flexibility index (Phi) is 6.07. The Morgan fingerprint density at radius 1 is 1.42 bits per heavy atom. The second-order valence-corrected chi connectivity index (χ2v) is 5.21. The summed E-state index contributed by atoms with van der Waals surface area (Å²) in [5.41, 5.74) is 11.6. The molecule has 2 heteroatoms. The summed E-state index contributed by atoms with van der Waals surface area (Å²) in [4.78, 5) is 4.47. The van der Waals surface area contributed by atoms with Crippen molar-refractivity contribution in [2.45, 2.75) is 60.3 Å². The molecule has 0 aromatic carbocycles. The summed E-state index contributed by atoms with van der Waals surface area (Å²) in [7, 11) is 0. The molecule has 0 radical (unpaired) electrons. The van der Waals surface area contributed by atoms with E-state index >= 15 is 0 Å². The molecule has 19 heavy (non-hydrogen) atoms. The molecule has 0 bridgehead atoms. The van der Waals surface area contributed by atoms with Crippen molar-refractivity contribution >= 4 is 5.84 Å². The minimum absolute atomic E-state index is 0.554. The second kappa shape index (κ2) is 7.32. The molecule has 2 nitrogen and oxygen atoms in total. The van der Waals surface area contributed by atoms with Crippen molar-refractivity contribution in [3.8, 4) is 0 Å². The first kappa shape index (κ1) is 15.7. The number of allylic oxidation sites excluding steroid dienone is 3.